The van der Waals surface area contributed by atoms with Crippen molar-refractivity contribution >= 4 is 0 Å². The van der Waals surface area contributed by atoms with Crippen LogP contribution in [0.5, 0.6) is 0 Å². The van der Waals surface area contributed by atoms with Gasteiger partial charge in [0.15, 0.2) is 0 Å². The summed E-state index contributed by atoms with van der Waals surface area (Å²) in [5.74, 6) is 0.616. The highest BCUT2D eigenvalue weighted by Gasteiger charge is 2.18. The van der Waals surface area contributed by atoms with Crippen LogP contribution in [0, 0.1) is 0 Å². The van der Waals surface area contributed by atoms with E-state index in [0.29, 0.717) is 5.92 Å². The van der Waals surface area contributed by atoms with E-state index in [4.69, 9.17) is 5.73 Å². The van der Waals surface area contributed by atoms with Gasteiger partial charge in [-0.2, -0.15) is 0 Å². The van der Waals surface area contributed by atoms with E-state index in [1.54, 1.807) is 0 Å². The first-order chi connectivity index (χ1) is 5.42. The van der Waals surface area contributed by atoms with E-state index in [1.165, 1.54) is 30.4 Å². The van der Waals surface area contributed by atoms with E-state index in [1.807, 2.05) is 0 Å². The number of rotatable bonds is 1. The molecule has 0 saturated carbocycles. The molecule has 1 unspecified atom stereocenters. The third-order valence-electron chi connectivity index (χ3n) is 2.59. The van der Waals surface area contributed by atoms with E-state index in [2.05, 4.69) is 17.4 Å². The van der Waals surface area contributed by atoms with Gasteiger partial charge in [-0.15, -0.1) is 0 Å². The maximum absolute atomic E-state index is 5.66. The predicted molar refractivity (Wildman–Crippen MR) is 45.5 cm³/mol. The van der Waals surface area contributed by atoms with Crippen molar-refractivity contribution in [3.8, 4) is 0 Å². The van der Waals surface area contributed by atoms with Gasteiger partial charge >= 0.3 is 0 Å². The molecule has 0 saturated heterocycles. The zero-order valence-corrected chi connectivity index (χ0v) is 6.64. The summed E-state index contributed by atoms with van der Waals surface area (Å²) in [4.78, 5) is 3.15. The van der Waals surface area contributed by atoms with Gasteiger partial charge < -0.3 is 10.7 Å². The Morgan fingerprint density at radius 1 is 1.55 bits per heavy atom. The van der Waals surface area contributed by atoms with E-state index < -0.39 is 0 Å². The molecule has 0 amide bonds. The van der Waals surface area contributed by atoms with Crippen molar-refractivity contribution in [3.05, 3.63) is 23.5 Å². The van der Waals surface area contributed by atoms with Gasteiger partial charge in [0.2, 0.25) is 0 Å². The fourth-order valence-electron chi connectivity index (χ4n) is 1.94. The number of aryl methyl sites for hydroxylation is 1. The van der Waals surface area contributed by atoms with Gasteiger partial charge in [-0.1, -0.05) is 0 Å². The monoisotopic (exact) mass is 150 g/mol. The molecule has 1 aliphatic carbocycles. The van der Waals surface area contributed by atoms with Gasteiger partial charge in [0, 0.05) is 12.4 Å². The standard InChI is InChI=1S/C9H14N2/c10-4-7-2-1-3-8-5-11-6-9(7)8/h5-7,11H,1-4,10H2. The van der Waals surface area contributed by atoms with Crippen molar-refractivity contribution in [2.24, 2.45) is 5.73 Å². The summed E-state index contributed by atoms with van der Waals surface area (Å²) in [5.41, 5.74) is 8.60. The summed E-state index contributed by atoms with van der Waals surface area (Å²) >= 11 is 0. The first kappa shape index (κ1) is 6.92. The molecule has 0 aliphatic heterocycles. The van der Waals surface area contributed by atoms with Crippen LogP contribution in [0.1, 0.15) is 29.9 Å². The first-order valence-corrected chi connectivity index (χ1v) is 4.27. The number of H-pyrrole nitrogens is 1. The van der Waals surface area contributed by atoms with E-state index in [-0.39, 0.29) is 0 Å². The van der Waals surface area contributed by atoms with E-state index in [0.717, 1.165) is 6.54 Å². The quantitative estimate of drug-likeness (QED) is 0.624. The molecule has 2 heteroatoms. The molecule has 2 rings (SSSR count). The van der Waals surface area contributed by atoms with Crippen LogP contribution < -0.4 is 5.73 Å². The molecule has 0 spiro atoms. The lowest BCUT2D eigenvalue weighted by molar-refractivity contribution is 0.564. The van der Waals surface area contributed by atoms with Gasteiger partial charge in [0.05, 0.1) is 0 Å². The summed E-state index contributed by atoms with van der Waals surface area (Å²) in [5, 5.41) is 0. The Labute approximate surface area is 66.8 Å². The Hall–Kier alpha value is -0.760. The van der Waals surface area contributed by atoms with Crippen LogP contribution in [0.3, 0.4) is 0 Å². The van der Waals surface area contributed by atoms with Crippen molar-refractivity contribution in [1.29, 1.82) is 0 Å². The summed E-state index contributed by atoms with van der Waals surface area (Å²) in [6, 6.07) is 0. The Morgan fingerprint density at radius 2 is 2.45 bits per heavy atom. The lowest BCUT2D eigenvalue weighted by atomic mass is 9.86. The van der Waals surface area contributed by atoms with Crippen molar-refractivity contribution in [3.63, 3.8) is 0 Å². The van der Waals surface area contributed by atoms with Crippen LogP contribution in [-0.2, 0) is 6.42 Å². The van der Waals surface area contributed by atoms with Crippen LogP contribution in [0.2, 0.25) is 0 Å². The second kappa shape index (κ2) is 2.70. The number of nitrogens with one attached hydrogen (secondary N) is 1. The highest BCUT2D eigenvalue weighted by Crippen LogP contribution is 2.30. The summed E-state index contributed by atoms with van der Waals surface area (Å²) in [7, 11) is 0. The minimum absolute atomic E-state index is 0.616. The molecule has 0 radical (unpaired) electrons. The van der Waals surface area contributed by atoms with E-state index >= 15 is 0 Å². The zero-order chi connectivity index (χ0) is 7.68. The molecule has 0 fully saturated rings. The second-order valence-corrected chi connectivity index (χ2v) is 3.26. The van der Waals surface area contributed by atoms with Gasteiger partial charge in [0.1, 0.15) is 0 Å². The topological polar surface area (TPSA) is 41.8 Å². The van der Waals surface area contributed by atoms with Gasteiger partial charge in [-0.25, -0.2) is 0 Å². The fraction of sp³-hybridized carbons (Fsp3) is 0.556. The third-order valence-corrected chi connectivity index (χ3v) is 2.59. The average molecular weight is 150 g/mol. The molecule has 1 aromatic heterocycles. The molecule has 1 aromatic rings. The fourth-order valence-corrected chi connectivity index (χ4v) is 1.94. The number of hydrogen-bond donors (Lipinski definition) is 2. The predicted octanol–water partition coefficient (Wildman–Crippen LogP) is 1.39. The molecule has 1 aliphatic rings. The van der Waals surface area contributed by atoms with Crippen molar-refractivity contribution in [1.82, 2.24) is 4.98 Å². The molecule has 1 atom stereocenters. The van der Waals surface area contributed by atoms with Crippen LogP contribution >= 0.6 is 0 Å². The number of nitrogens with two attached hydrogens (primary N) is 1. The van der Waals surface area contributed by atoms with Crippen LogP contribution in [0.25, 0.3) is 0 Å². The second-order valence-electron chi connectivity index (χ2n) is 3.26. The minimum Gasteiger partial charge on any atom is -0.367 e. The third kappa shape index (κ3) is 1.07. The smallest absolute Gasteiger partial charge is 0.00435 e. The molecule has 1 heterocycles. The largest absolute Gasteiger partial charge is 0.367 e. The molecular weight excluding hydrogens is 136 g/mol. The number of aromatic amines is 1. The average Bonchev–Trinajstić information content (AvgIpc) is 2.50. The maximum atomic E-state index is 5.66. The summed E-state index contributed by atoms with van der Waals surface area (Å²) in [6.07, 6.45) is 8.01. The highest BCUT2D eigenvalue weighted by molar-refractivity contribution is 5.29. The molecule has 0 bridgehead atoms. The van der Waals surface area contributed by atoms with Crippen LogP contribution in [0.4, 0.5) is 0 Å². The molecule has 60 valence electrons. The SMILES string of the molecule is NCC1CCCc2c[nH]cc21. The molecule has 11 heavy (non-hydrogen) atoms. The van der Waals surface area contributed by atoms with Crippen molar-refractivity contribution in [2.45, 2.75) is 25.2 Å². The molecule has 0 aromatic carbocycles. The van der Waals surface area contributed by atoms with Gasteiger partial charge in [0.25, 0.3) is 0 Å². The highest BCUT2D eigenvalue weighted by atomic mass is 14.7. The van der Waals surface area contributed by atoms with Gasteiger partial charge in [-0.3, -0.25) is 0 Å². The van der Waals surface area contributed by atoms with Crippen LogP contribution in [-0.4, -0.2) is 11.5 Å². The van der Waals surface area contributed by atoms with Crippen LogP contribution in [0.15, 0.2) is 12.4 Å². The Balaban J connectivity index is 2.32. The van der Waals surface area contributed by atoms with E-state index in [9.17, 15) is 0 Å². The minimum atomic E-state index is 0.616. The Kier molecular flexibility index (Phi) is 1.70. The molecular formula is C9H14N2. The Morgan fingerprint density at radius 3 is 3.27 bits per heavy atom. The Bertz CT molecular complexity index is 239. The summed E-state index contributed by atoms with van der Waals surface area (Å²) in [6.45, 7) is 0.796. The van der Waals surface area contributed by atoms with Crippen molar-refractivity contribution in [2.75, 3.05) is 6.54 Å². The summed E-state index contributed by atoms with van der Waals surface area (Å²) < 4.78 is 0. The number of fused-ring (bicyclic) bond motifs is 1. The lowest BCUT2D eigenvalue weighted by Crippen LogP contribution is -2.16. The lowest BCUT2D eigenvalue weighted by Gasteiger charge is -2.20. The number of aromatic nitrogens is 1. The molecule has 3 N–H and O–H groups in total. The normalized spacial score (nSPS) is 23.2. The zero-order valence-electron chi connectivity index (χ0n) is 6.64. The maximum Gasteiger partial charge on any atom is 0.00435 e. The van der Waals surface area contributed by atoms with Crippen molar-refractivity contribution < 1.29 is 0 Å². The number of hydrogen-bond acceptors (Lipinski definition) is 1. The van der Waals surface area contributed by atoms with Gasteiger partial charge in [-0.05, 0) is 42.9 Å². The first-order valence-electron chi connectivity index (χ1n) is 4.27. The molecule has 2 nitrogen and oxygen atoms in total.